The average molecular weight is 396 g/mol. The Morgan fingerprint density at radius 1 is 1.31 bits per heavy atom. The van der Waals surface area contributed by atoms with Crippen molar-refractivity contribution in [1.82, 2.24) is 9.55 Å². The molecule has 0 fully saturated rings. The molecule has 29 heavy (non-hydrogen) atoms. The van der Waals surface area contributed by atoms with Crippen LogP contribution in [0.4, 0.5) is 0 Å². The Kier molecular flexibility index (Phi) is 7.66. The summed E-state index contributed by atoms with van der Waals surface area (Å²) in [5.74, 6) is -1.31. The van der Waals surface area contributed by atoms with Gasteiger partial charge in [0.25, 0.3) is 5.56 Å². The maximum absolute atomic E-state index is 12.8. The van der Waals surface area contributed by atoms with Crippen molar-refractivity contribution in [2.45, 2.75) is 46.1 Å². The number of nitrogens with two attached hydrogens (primary N) is 1. The van der Waals surface area contributed by atoms with E-state index in [0.717, 1.165) is 18.4 Å². The summed E-state index contributed by atoms with van der Waals surface area (Å²) in [6.45, 7) is 3.48. The Morgan fingerprint density at radius 3 is 2.69 bits per heavy atom. The summed E-state index contributed by atoms with van der Waals surface area (Å²) in [5, 5.41) is 8.89. The molecule has 0 saturated carbocycles. The number of para-hydroxylation sites is 2. The minimum Gasteiger partial charge on any atom is -0.457 e. The molecule has 0 aliphatic heterocycles. The highest BCUT2D eigenvalue weighted by Gasteiger charge is 2.16. The van der Waals surface area contributed by atoms with Crippen molar-refractivity contribution in [3.05, 3.63) is 51.6 Å². The second-order valence-corrected chi connectivity index (χ2v) is 6.61. The number of esters is 1. The molecule has 0 atom stereocenters. The first-order chi connectivity index (χ1) is 13.9. The van der Waals surface area contributed by atoms with E-state index in [-0.39, 0.29) is 35.4 Å². The van der Waals surface area contributed by atoms with Crippen molar-refractivity contribution in [1.29, 1.82) is 5.26 Å². The molecule has 0 amide bonds. The number of nitrogens with zero attached hydrogens (tertiary/aromatic N) is 3. The highest BCUT2D eigenvalue weighted by atomic mass is 16.5. The van der Waals surface area contributed by atoms with Crippen LogP contribution in [0.3, 0.4) is 0 Å². The van der Waals surface area contributed by atoms with Gasteiger partial charge < -0.3 is 15.0 Å². The molecule has 8 heteroatoms. The molecule has 1 aromatic heterocycles. The first-order valence-corrected chi connectivity index (χ1v) is 9.42. The van der Waals surface area contributed by atoms with Crippen molar-refractivity contribution in [2.24, 2.45) is 5.73 Å². The summed E-state index contributed by atoms with van der Waals surface area (Å²) >= 11 is 0. The highest BCUT2D eigenvalue weighted by Crippen LogP contribution is 2.12. The van der Waals surface area contributed by atoms with Gasteiger partial charge in [-0.1, -0.05) is 25.5 Å². The van der Waals surface area contributed by atoms with Gasteiger partial charge in [-0.15, -0.1) is 0 Å². The van der Waals surface area contributed by atoms with E-state index in [0.29, 0.717) is 12.1 Å². The molecule has 2 aromatic rings. The number of fused-ring (bicyclic) bond motifs is 1. The molecule has 0 bridgehead atoms. The number of carbonyl (C=O) groups is 2. The molecule has 0 saturated heterocycles. The first kappa shape index (κ1) is 21.8. The second kappa shape index (κ2) is 10.2. The molecule has 0 aliphatic carbocycles. The third-order valence-electron chi connectivity index (χ3n) is 4.37. The fraction of sp³-hybridized carbons (Fsp3) is 0.381. The van der Waals surface area contributed by atoms with Crippen molar-refractivity contribution in [2.75, 3.05) is 6.61 Å². The fourth-order valence-corrected chi connectivity index (χ4v) is 2.83. The second-order valence-electron chi connectivity index (χ2n) is 6.61. The van der Waals surface area contributed by atoms with Crippen LogP contribution in [-0.2, 0) is 27.3 Å². The minimum atomic E-state index is -0.661. The van der Waals surface area contributed by atoms with Gasteiger partial charge in [0.2, 0.25) is 5.78 Å². The maximum atomic E-state index is 12.8. The fourth-order valence-electron chi connectivity index (χ4n) is 2.83. The normalized spacial score (nSPS) is 11.6. The number of hydrogen-bond donors (Lipinski definition) is 1. The Hall–Kier alpha value is -3.47. The van der Waals surface area contributed by atoms with Crippen LogP contribution in [0.2, 0.25) is 0 Å². The molecule has 0 spiro atoms. The van der Waals surface area contributed by atoms with E-state index in [1.54, 1.807) is 10.6 Å². The van der Waals surface area contributed by atoms with Gasteiger partial charge in [-0.25, -0.2) is 4.98 Å². The van der Waals surface area contributed by atoms with Crippen LogP contribution in [0.15, 0.2) is 40.3 Å². The Balaban J connectivity index is 2.10. The number of carbonyl (C=O) groups excluding carboxylic acids is 2. The summed E-state index contributed by atoms with van der Waals surface area (Å²) in [7, 11) is 0. The Morgan fingerprint density at radius 2 is 2.03 bits per heavy atom. The Bertz CT molecular complexity index is 1040. The summed E-state index contributed by atoms with van der Waals surface area (Å²) in [4.78, 5) is 41.0. The standard InChI is InChI=1S/C21H24N4O4/c1-3-4-11-25-18-8-6-5-7-16(18)24-17(21(25)28)9-10-20(27)29-13-19(26)15(12-22)14(2)23/h5-8H,3-4,9-11,13,23H2,1-2H3/b15-14-. The van der Waals surface area contributed by atoms with E-state index in [4.69, 9.17) is 15.7 Å². The number of aromatic nitrogens is 2. The minimum absolute atomic E-state index is 0.0709. The van der Waals surface area contributed by atoms with E-state index in [1.807, 2.05) is 31.2 Å². The number of nitriles is 1. The monoisotopic (exact) mass is 396 g/mol. The number of rotatable bonds is 9. The lowest BCUT2D eigenvalue weighted by molar-refractivity contribution is -0.147. The number of Topliss-reactive ketones (excluding diaryl/α,β-unsaturated/α-hetero) is 1. The van der Waals surface area contributed by atoms with Crippen molar-refractivity contribution in [3.63, 3.8) is 0 Å². The zero-order valence-electron chi connectivity index (χ0n) is 16.6. The third-order valence-corrected chi connectivity index (χ3v) is 4.37. The van der Waals surface area contributed by atoms with Gasteiger partial charge in [-0.3, -0.25) is 14.4 Å². The molecule has 1 heterocycles. The van der Waals surface area contributed by atoms with E-state index >= 15 is 0 Å². The first-order valence-electron chi connectivity index (χ1n) is 9.42. The van der Waals surface area contributed by atoms with Gasteiger partial charge in [0.1, 0.15) is 17.3 Å². The lowest BCUT2D eigenvalue weighted by Crippen LogP contribution is -2.27. The van der Waals surface area contributed by atoms with Crippen LogP contribution < -0.4 is 11.3 Å². The third kappa shape index (κ3) is 5.51. The van der Waals surface area contributed by atoms with Crippen LogP contribution in [0.1, 0.15) is 38.8 Å². The lowest BCUT2D eigenvalue weighted by Gasteiger charge is -2.12. The van der Waals surface area contributed by atoms with Gasteiger partial charge in [0.05, 0.1) is 17.5 Å². The molecule has 8 nitrogen and oxygen atoms in total. The van der Waals surface area contributed by atoms with Gasteiger partial charge in [-0.05, 0) is 25.5 Å². The zero-order valence-corrected chi connectivity index (χ0v) is 16.6. The summed E-state index contributed by atoms with van der Waals surface area (Å²) in [6, 6.07) is 9.06. The van der Waals surface area contributed by atoms with Crippen LogP contribution in [0, 0.1) is 11.3 Å². The summed E-state index contributed by atoms with van der Waals surface area (Å²) in [5.41, 5.74) is 6.79. The number of benzene rings is 1. The number of ether oxygens (including phenoxy) is 1. The van der Waals surface area contributed by atoms with Crippen LogP contribution in [0.25, 0.3) is 11.0 Å². The topological polar surface area (TPSA) is 128 Å². The van der Waals surface area contributed by atoms with E-state index in [1.165, 1.54) is 6.92 Å². The van der Waals surface area contributed by atoms with Crippen molar-refractivity contribution >= 4 is 22.8 Å². The quantitative estimate of drug-likeness (QED) is 0.390. The molecule has 0 unspecified atom stereocenters. The van der Waals surface area contributed by atoms with E-state index < -0.39 is 18.4 Å². The van der Waals surface area contributed by atoms with Gasteiger partial charge in [0, 0.05) is 18.7 Å². The van der Waals surface area contributed by atoms with Crippen LogP contribution in [-0.4, -0.2) is 27.9 Å². The predicted octanol–water partition coefficient (Wildman–Crippen LogP) is 2.00. The summed E-state index contributed by atoms with van der Waals surface area (Å²) in [6.07, 6.45) is 1.79. The van der Waals surface area contributed by atoms with Crippen LogP contribution in [0.5, 0.6) is 0 Å². The lowest BCUT2D eigenvalue weighted by atomic mass is 10.1. The van der Waals surface area contributed by atoms with E-state index in [2.05, 4.69) is 4.98 Å². The molecule has 2 rings (SSSR count). The molecule has 152 valence electrons. The Labute approximate surface area is 168 Å². The maximum Gasteiger partial charge on any atom is 0.306 e. The SMILES string of the molecule is CCCCn1c(=O)c(CCC(=O)OCC(=O)/C(C#N)=C(/C)N)nc2ccccc21. The number of aryl methyl sites for hydroxylation is 2. The highest BCUT2D eigenvalue weighted by molar-refractivity contribution is 6.01. The van der Waals surface area contributed by atoms with Gasteiger partial charge in [0.15, 0.2) is 6.61 Å². The van der Waals surface area contributed by atoms with Crippen molar-refractivity contribution in [3.8, 4) is 6.07 Å². The molecule has 2 N–H and O–H groups in total. The molecular weight excluding hydrogens is 372 g/mol. The summed E-state index contributed by atoms with van der Waals surface area (Å²) < 4.78 is 6.60. The average Bonchev–Trinajstić information content (AvgIpc) is 2.70. The molecular formula is C21H24N4O4. The largest absolute Gasteiger partial charge is 0.457 e. The molecule has 0 aliphatic rings. The number of hydrogen-bond acceptors (Lipinski definition) is 7. The van der Waals surface area contributed by atoms with Crippen molar-refractivity contribution < 1.29 is 14.3 Å². The van der Waals surface area contributed by atoms with Crippen LogP contribution >= 0.6 is 0 Å². The molecule has 1 aromatic carbocycles. The van der Waals surface area contributed by atoms with Gasteiger partial charge >= 0.3 is 5.97 Å². The number of unbranched alkanes of at least 4 members (excludes halogenated alkanes) is 1. The smallest absolute Gasteiger partial charge is 0.306 e. The number of ketones is 1. The van der Waals surface area contributed by atoms with E-state index in [9.17, 15) is 14.4 Å². The number of allylic oxidation sites excluding steroid dienone is 1. The van der Waals surface area contributed by atoms with Gasteiger partial charge in [-0.2, -0.15) is 5.26 Å². The zero-order chi connectivity index (χ0) is 21.4. The predicted molar refractivity (Wildman–Crippen MR) is 108 cm³/mol. The molecule has 0 radical (unpaired) electrons.